The summed E-state index contributed by atoms with van der Waals surface area (Å²) in [5.41, 5.74) is 2.34. The van der Waals surface area contributed by atoms with E-state index in [4.69, 9.17) is 0 Å². The van der Waals surface area contributed by atoms with Gasteiger partial charge in [-0.2, -0.15) is 0 Å². The number of aromatic nitrogens is 2. The van der Waals surface area contributed by atoms with E-state index in [0.717, 1.165) is 11.4 Å². The van der Waals surface area contributed by atoms with Crippen LogP contribution in [0.15, 0.2) is 77.7 Å². The first-order valence-electron chi connectivity index (χ1n) is 7.50. The molecule has 0 bridgehead atoms. The van der Waals surface area contributed by atoms with Crippen molar-refractivity contribution in [3.63, 3.8) is 0 Å². The van der Waals surface area contributed by atoms with Crippen molar-refractivity contribution in [1.82, 2.24) is 9.38 Å². The van der Waals surface area contributed by atoms with E-state index in [0.29, 0.717) is 12.2 Å². The summed E-state index contributed by atoms with van der Waals surface area (Å²) >= 11 is 0. The van der Waals surface area contributed by atoms with Crippen LogP contribution < -0.4 is 10.9 Å². The lowest BCUT2D eigenvalue weighted by molar-refractivity contribution is 0.972. The lowest BCUT2D eigenvalue weighted by Crippen LogP contribution is -2.16. The lowest BCUT2D eigenvalue weighted by atomic mass is 10.1. The van der Waals surface area contributed by atoms with Gasteiger partial charge in [0.15, 0.2) is 0 Å². The predicted molar refractivity (Wildman–Crippen MR) is 92.7 cm³/mol. The van der Waals surface area contributed by atoms with Crippen LogP contribution in [-0.2, 0) is 6.54 Å². The predicted octanol–water partition coefficient (Wildman–Crippen LogP) is 3.46. The van der Waals surface area contributed by atoms with Crippen LogP contribution in [0.3, 0.4) is 0 Å². The number of nitrogens with one attached hydrogen (secondary N) is 1. The summed E-state index contributed by atoms with van der Waals surface area (Å²) in [7, 11) is 0. The Morgan fingerprint density at radius 3 is 2.65 bits per heavy atom. The van der Waals surface area contributed by atoms with Gasteiger partial charge < -0.3 is 5.32 Å². The van der Waals surface area contributed by atoms with Crippen molar-refractivity contribution in [3.05, 3.63) is 89.0 Å². The molecule has 0 radical (unpaired) electrons. The molecule has 0 atom stereocenters. The monoisotopic (exact) mass is 301 g/mol. The van der Waals surface area contributed by atoms with Crippen LogP contribution in [0.4, 0.5) is 5.69 Å². The van der Waals surface area contributed by atoms with Crippen molar-refractivity contribution in [2.75, 3.05) is 5.32 Å². The molecule has 4 nitrogen and oxygen atoms in total. The van der Waals surface area contributed by atoms with Crippen molar-refractivity contribution in [1.29, 1.82) is 0 Å². The quantitative estimate of drug-likeness (QED) is 0.630. The Morgan fingerprint density at radius 2 is 1.74 bits per heavy atom. The summed E-state index contributed by atoms with van der Waals surface area (Å²) in [6.07, 6.45) is 1.73. The molecule has 4 heteroatoms. The number of nitrogens with zero attached hydrogens (tertiary/aromatic N) is 2. The molecule has 0 saturated carbocycles. The number of pyridine rings is 1. The van der Waals surface area contributed by atoms with Gasteiger partial charge in [-0.05, 0) is 35.0 Å². The molecule has 112 valence electrons. The highest BCUT2D eigenvalue weighted by atomic mass is 16.1. The molecule has 23 heavy (non-hydrogen) atoms. The smallest absolute Gasteiger partial charge is 0.258 e. The maximum absolute atomic E-state index is 12.1. The topological polar surface area (TPSA) is 46.4 Å². The average Bonchev–Trinajstić information content (AvgIpc) is 2.60. The van der Waals surface area contributed by atoms with E-state index < -0.39 is 0 Å². The number of hydrogen-bond acceptors (Lipinski definition) is 3. The normalized spacial score (nSPS) is 11.0. The van der Waals surface area contributed by atoms with Crippen LogP contribution >= 0.6 is 0 Å². The zero-order valence-corrected chi connectivity index (χ0v) is 12.4. The Balaban J connectivity index is 1.61. The molecule has 2 aromatic carbocycles. The minimum Gasteiger partial charge on any atom is -0.379 e. The fourth-order valence-electron chi connectivity index (χ4n) is 2.69. The van der Waals surface area contributed by atoms with Crippen LogP contribution in [0.2, 0.25) is 0 Å². The third-order valence-corrected chi connectivity index (χ3v) is 3.85. The second-order valence-corrected chi connectivity index (χ2v) is 5.43. The Labute approximate surface area is 133 Å². The fourth-order valence-corrected chi connectivity index (χ4v) is 2.69. The number of fused-ring (bicyclic) bond motifs is 2. The molecule has 0 aliphatic carbocycles. The van der Waals surface area contributed by atoms with E-state index in [-0.39, 0.29) is 5.56 Å². The Morgan fingerprint density at radius 1 is 0.913 bits per heavy atom. The average molecular weight is 301 g/mol. The van der Waals surface area contributed by atoms with E-state index in [1.807, 2.05) is 36.4 Å². The molecule has 0 amide bonds. The number of benzene rings is 2. The van der Waals surface area contributed by atoms with Crippen molar-refractivity contribution >= 4 is 22.1 Å². The molecular weight excluding hydrogens is 286 g/mol. The zero-order valence-electron chi connectivity index (χ0n) is 12.4. The zero-order chi connectivity index (χ0) is 15.6. The van der Waals surface area contributed by atoms with Crippen LogP contribution in [-0.4, -0.2) is 9.38 Å². The highest BCUT2D eigenvalue weighted by Gasteiger charge is 2.02. The first kappa shape index (κ1) is 13.5. The summed E-state index contributed by atoms with van der Waals surface area (Å²) < 4.78 is 1.54. The summed E-state index contributed by atoms with van der Waals surface area (Å²) in [6, 6.07) is 21.6. The molecule has 4 rings (SSSR count). The van der Waals surface area contributed by atoms with Crippen molar-refractivity contribution in [2.45, 2.75) is 6.54 Å². The van der Waals surface area contributed by atoms with Gasteiger partial charge >= 0.3 is 0 Å². The molecule has 0 saturated heterocycles. The molecule has 2 heterocycles. The van der Waals surface area contributed by atoms with Crippen LogP contribution in [0.1, 0.15) is 5.69 Å². The third-order valence-electron chi connectivity index (χ3n) is 3.85. The Kier molecular flexibility index (Phi) is 3.27. The summed E-state index contributed by atoms with van der Waals surface area (Å²) in [5, 5.41) is 5.73. The summed E-state index contributed by atoms with van der Waals surface area (Å²) in [4.78, 5) is 16.6. The number of anilines is 1. The van der Waals surface area contributed by atoms with Crippen molar-refractivity contribution < 1.29 is 0 Å². The molecule has 0 aliphatic rings. The van der Waals surface area contributed by atoms with E-state index in [1.165, 1.54) is 10.8 Å². The molecule has 1 N–H and O–H groups in total. The van der Waals surface area contributed by atoms with Gasteiger partial charge in [0.2, 0.25) is 0 Å². The largest absolute Gasteiger partial charge is 0.379 e. The molecule has 0 unspecified atom stereocenters. The van der Waals surface area contributed by atoms with Gasteiger partial charge in [-0.1, -0.05) is 36.4 Å². The van der Waals surface area contributed by atoms with E-state index in [1.54, 1.807) is 16.7 Å². The number of rotatable bonds is 3. The highest BCUT2D eigenvalue weighted by Crippen LogP contribution is 2.19. The first-order chi connectivity index (χ1) is 11.3. The lowest BCUT2D eigenvalue weighted by Gasteiger charge is -2.08. The van der Waals surface area contributed by atoms with Gasteiger partial charge in [-0.15, -0.1) is 0 Å². The molecule has 4 aromatic rings. The SMILES string of the molecule is O=c1cc(CNc2ccc3ccccc3c2)nc2ccccn12. The van der Waals surface area contributed by atoms with Gasteiger partial charge in [0.1, 0.15) is 5.65 Å². The summed E-state index contributed by atoms with van der Waals surface area (Å²) in [5.74, 6) is 0. The van der Waals surface area contributed by atoms with Gasteiger partial charge in [0, 0.05) is 18.0 Å². The molecule has 0 spiro atoms. The number of hydrogen-bond donors (Lipinski definition) is 1. The second-order valence-electron chi connectivity index (χ2n) is 5.43. The molecule has 0 fully saturated rings. The van der Waals surface area contributed by atoms with Crippen molar-refractivity contribution in [3.8, 4) is 0 Å². The summed E-state index contributed by atoms with van der Waals surface area (Å²) in [6.45, 7) is 0.513. The van der Waals surface area contributed by atoms with Gasteiger partial charge in [-0.25, -0.2) is 4.98 Å². The van der Waals surface area contributed by atoms with Gasteiger partial charge in [0.05, 0.1) is 12.2 Å². The molecular formula is C19H15N3O. The van der Waals surface area contributed by atoms with Crippen LogP contribution in [0, 0.1) is 0 Å². The third kappa shape index (κ3) is 2.66. The fraction of sp³-hybridized carbons (Fsp3) is 0.0526. The maximum Gasteiger partial charge on any atom is 0.258 e. The van der Waals surface area contributed by atoms with Crippen LogP contribution in [0.5, 0.6) is 0 Å². The molecule has 2 aromatic heterocycles. The Bertz CT molecular complexity index is 1050. The minimum absolute atomic E-state index is 0.0640. The van der Waals surface area contributed by atoms with Crippen molar-refractivity contribution in [2.24, 2.45) is 0 Å². The maximum atomic E-state index is 12.1. The van der Waals surface area contributed by atoms with E-state index in [9.17, 15) is 4.79 Å². The first-order valence-corrected chi connectivity index (χ1v) is 7.50. The highest BCUT2D eigenvalue weighted by molar-refractivity contribution is 5.85. The molecule has 0 aliphatic heterocycles. The van der Waals surface area contributed by atoms with E-state index >= 15 is 0 Å². The Hall–Kier alpha value is -3.14. The van der Waals surface area contributed by atoms with Gasteiger partial charge in [-0.3, -0.25) is 9.20 Å². The standard InChI is InChI=1S/C19H15N3O/c23-19-12-17(21-18-7-3-4-10-22(18)19)13-20-16-9-8-14-5-1-2-6-15(14)11-16/h1-12,20H,13H2. The van der Waals surface area contributed by atoms with Gasteiger partial charge in [0.25, 0.3) is 5.56 Å². The van der Waals surface area contributed by atoms with Crippen LogP contribution in [0.25, 0.3) is 16.4 Å². The van der Waals surface area contributed by atoms with E-state index in [2.05, 4.69) is 34.6 Å². The second kappa shape index (κ2) is 5.57. The minimum atomic E-state index is -0.0640.